The van der Waals surface area contributed by atoms with Crippen molar-refractivity contribution in [3.63, 3.8) is 0 Å². The zero-order chi connectivity index (χ0) is 15.5. The summed E-state index contributed by atoms with van der Waals surface area (Å²) in [5.74, 6) is 0.796. The number of hydrogen-bond acceptors (Lipinski definition) is 4. The fourth-order valence-corrected chi connectivity index (χ4v) is 2.59. The van der Waals surface area contributed by atoms with Crippen molar-refractivity contribution in [2.75, 3.05) is 7.05 Å². The van der Waals surface area contributed by atoms with Crippen molar-refractivity contribution in [2.45, 2.75) is 38.9 Å². The van der Waals surface area contributed by atoms with Crippen LogP contribution in [0.5, 0.6) is 0 Å². The fraction of sp³-hybridized carbons (Fsp3) is 0.412. The molecule has 0 spiro atoms. The maximum Gasteiger partial charge on any atom is 0.251 e. The molecule has 0 bridgehead atoms. The Bertz CT molecular complexity index is 644. The van der Waals surface area contributed by atoms with Crippen LogP contribution < -0.4 is 5.32 Å². The molecule has 0 atom stereocenters. The van der Waals surface area contributed by atoms with E-state index < -0.39 is 0 Å². The monoisotopic (exact) mass is 299 g/mol. The highest BCUT2D eigenvalue weighted by Crippen LogP contribution is 2.29. The minimum absolute atomic E-state index is 0.0522. The molecule has 1 aliphatic rings. The van der Waals surface area contributed by atoms with Crippen LogP contribution in [0.3, 0.4) is 0 Å². The third-order valence-corrected chi connectivity index (χ3v) is 3.93. The zero-order valence-corrected chi connectivity index (χ0v) is 13.0. The third-order valence-electron chi connectivity index (χ3n) is 3.93. The van der Waals surface area contributed by atoms with Crippen LogP contribution in [0.15, 0.2) is 34.9 Å². The molecule has 1 heterocycles. The van der Waals surface area contributed by atoms with Gasteiger partial charge in [-0.1, -0.05) is 17.3 Å². The van der Waals surface area contributed by atoms with Gasteiger partial charge < -0.3 is 9.84 Å². The van der Waals surface area contributed by atoms with Gasteiger partial charge in [-0.05, 0) is 37.5 Å². The van der Waals surface area contributed by atoms with Crippen LogP contribution in [0.2, 0.25) is 0 Å². The number of rotatable bonds is 6. The number of benzene rings is 1. The van der Waals surface area contributed by atoms with Gasteiger partial charge >= 0.3 is 0 Å². The second kappa shape index (κ2) is 6.32. The highest BCUT2D eigenvalue weighted by molar-refractivity contribution is 5.93. The van der Waals surface area contributed by atoms with Gasteiger partial charge in [-0.3, -0.25) is 9.69 Å². The number of carbonyl (C=O) groups is 1. The molecule has 5 heteroatoms. The van der Waals surface area contributed by atoms with E-state index in [-0.39, 0.29) is 5.91 Å². The van der Waals surface area contributed by atoms with E-state index in [9.17, 15) is 4.79 Å². The van der Waals surface area contributed by atoms with Crippen LogP contribution in [-0.4, -0.2) is 29.1 Å². The average molecular weight is 299 g/mol. The minimum Gasteiger partial charge on any atom is -0.361 e. The van der Waals surface area contributed by atoms with Crippen LogP contribution >= 0.6 is 0 Å². The molecule has 1 N–H and O–H groups in total. The lowest BCUT2D eigenvalue weighted by Crippen LogP contribution is -2.25. The summed E-state index contributed by atoms with van der Waals surface area (Å²) in [5.41, 5.74) is 2.88. The minimum atomic E-state index is -0.0522. The van der Waals surface area contributed by atoms with E-state index in [0.29, 0.717) is 11.6 Å². The smallest absolute Gasteiger partial charge is 0.251 e. The van der Waals surface area contributed by atoms with E-state index >= 15 is 0 Å². The normalized spacial score (nSPS) is 14.3. The van der Waals surface area contributed by atoms with Gasteiger partial charge in [-0.2, -0.15) is 0 Å². The molecule has 1 amide bonds. The van der Waals surface area contributed by atoms with E-state index in [1.165, 1.54) is 18.4 Å². The second-order valence-electron chi connectivity index (χ2n) is 5.84. The van der Waals surface area contributed by atoms with Gasteiger partial charge in [0.1, 0.15) is 5.76 Å². The van der Waals surface area contributed by atoms with Crippen LogP contribution in [0.1, 0.15) is 40.2 Å². The fourth-order valence-electron chi connectivity index (χ4n) is 2.59. The number of nitrogens with one attached hydrogen (secondary N) is 1. The number of nitrogens with zero attached hydrogens (tertiary/aromatic N) is 2. The third kappa shape index (κ3) is 3.54. The maximum atomic E-state index is 11.6. The van der Waals surface area contributed by atoms with Crippen LogP contribution in [0, 0.1) is 6.92 Å². The molecule has 0 radical (unpaired) electrons. The largest absolute Gasteiger partial charge is 0.361 e. The van der Waals surface area contributed by atoms with E-state index in [0.717, 1.165) is 24.5 Å². The van der Waals surface area contributed by atoms with Crippen molar-refractivity contribution >= 4 is 5.91 Å². The number of aryl methyl sites for hydroxylation is 1. The quantitative estimate of drug-likeness (QED) is 0.890. The lowest BCUT2D eigenvalue weighted by Gasteiger charge is -2.20. The predicted molar refractivity (Wildman–Crippen MR) is 83.3 cm³/mol. The molecule has 2 aromatic rings. The Labute approximate surface area is 130 Å². The summed E-state index contributed by atoms with van der Waals surface area (Å²) in [6, 6.07) is 10.4. The van der Waals surface area contributed by atoms with Crippen LogP contribution in [0.4, 0.5) is 0 Å². The van der Waals surface area contributed by atoms with Gasteiger partial charge in [-0.15, -0.1) is 0 Å². The lowest BCUT2D eigenvalue weighted by molar-refractivity contribution is 0.0963. The number of carbonyl (C=O) groups excluding carboxylic acids is 1. The molecule has 5 nitrogen and oxygen atoms in total. The Kier molecular flexibility index (Phi) is 4.24. The molecule has 0 saturated heterocycles. The van der Waals surface area contributed by atoms with Crippen molar-refractivity contribution in [2.24, 2.45) is 0 Å². The molecule has 3 rings (SSSR count). The molecule has 1 aliphatic carbocycles. The van der Waals surface area contributed by atoms with E-state index in [1.807, 2.05) is 37.3 Å². The van der Waals surface area contributed by atoms with Gasteiger partial charge in [0.25, 0.3) is 5.91 Å². The Balaban J connectivity index is 1.67. The van der Waals surface area contributed by atoms with E-state index in [2.05, 4.69) is 15.4 Å². The van der Waals surface area contributed by atoms with Gasteiger partial charge in [0.2, 0.25) is 0 Å². The molecule has 22 heavy (non-hydrogen) atoms. The Morgan fingerprint density at radius 1 is 1.32 bits per heavy atom. The van der Waals surface area contributed by atoms with Crippen molar-refractivity contribution < 1.29 is 9.32 Å². The summed E-state index contributed by atoms with van der Waals surface area (Å²) in [6.07, 6.45) is 2.49. The van der Waals surface area contributed by atoms with Crippen LogP contribution in [0.25, 0.3) is 0 Å². The van der Waals surface area contributed by atoms with Gasteiger partial charge in [0.15, 0.2) is 0 Å². The Hall–Kier alpha value is -2.14. The average Bonchev–Trinajstić information content (AvgIpc) is 3.30. The van der Waals surface area contributed by atoms with Crippen LogP contribution in [-0.2, 0) is 13.1 Å². The highest BCUT2D eigenvalue weighted by Gasteiger charge is 2.29. The SMILES string of the molecule is CNC(=O)c1ccc(CN(Cc2cc(C)on2)C2CC2)cc1. The molecule has 1 aromatic carbocycles. The predicted octanol–water partition coefficient (Wildman–Crippen LogP) is 2.51. The first-order valence-corrected chi connectivity index (χ1v) is 7.63. The van der Waals surface area contributed by atoms with E-state index in [1.54, 1.807) is 7.05 Å². The first kappa shape index (κ1) is 14.8. The molecule has 0 aliphatic heterocycles. The first-order valence-electron chi connectivity index (χ1n) is 7.63. The molecule has 1 fully saturated rings. The van der Waals surface area contributed by atoms with Gasteiger partial charge in [0.05, 0.1) is 5.69 Å². The summed E-state index contributed by atoms with van der Waals surface area (Å²) in [5, 5.41) is 6.72. The number of amides is 1. The van der Waals surface area contributed by atoms with Crippen molar-refractivity contribution in [1.82, 2.24) is 15.4 Å². The topological polar surface area (TPSA) is 58.4 Å². The Morgan fingerprint density at radius 3 is 2.59 bits per heavy atom. The Morgan fingerprint density at radius 2 is 2.05 bits per heavy atom. The molecule has 1 saturated carbocycles. The molecule has 0 unspecified atom stereocenters. The summed E-state index contributed by atoms with van der Waals surface area (Å²) in [7, 11) is 1.64. The van der Waals surface area contributed by atoms with Crippen molar-refractivity contribution in [3.8, 4) is 0 Å². The maximum absolute atomic E-state index is 11.6. The first-order chi connectivity index (χ1) is 10.7. The summed E-state index contributed by atoms with van der Waals surface area (Å²) in [6.45, 7) is 3.58. The van der Waals surface area contributed by atoms with Gasteiger partial charge in [-0.25, -0.2) is 0 Å². The standard InChI is InChI=1S/C17H21N3O2/c1-12-9-15(19-22-12)11-20(16-7-8-16)10-13-3-5-14(6-4-13)17(21)18-2/h3-6,9,16H,7-8,10-11H2,1-2H3,(H,18,21). The number of hydrogen-bond donors (Lipinski definition) is 1. The summed E-state index contributed by atoms with van der Waals surface area (Å²) >= 11 is 0. The van der Waals surface area contributed by atoms with Gasteiger partial charge in [0, 0.05) is 37.8 Å². The number of aromatic nitrogens is 1. The van der Waals surface area contributed by atoms with Crippen molar-refractivity contribution in [3.05, 3.63) is 52.9 Å². The molecule has 116 valence electrons. The molecular weight excluding hydrogens is 278 g/mol. The second-order valence-corrected chi connectivity index (χ2v) is 5.84. The molecular formula is C17H21N3O2. The van der Waals surface area contributed by atoms with E-state index in [4.69, 9.17) is 4.52 Å². The highest BCUT2D eigenvalue weighted by atomic mass is 16.5. The molecule has 1 aromatic heterocycles. The lowest BCUT2D eigenvalue weighted by atomic mass is 10.1. The summed E-state index contributed by atoms with van der Waals surface area (Å²) in [4.78, 5) is 14.0. The zero-order valence-electron chi connectivity index (χ0n) is 13.0. The summed E-state index contributed by atoms with van der Waals surface area (Å²) < 4.78 is 5.15. The van der Waals surface area contributed by atoms with Crippen molar-refractivity contribution in [1.29, 1.82) is 0 Å².